The maximum absolute atomic E-state index is 10.7. The van der Waals surface area contributed by atoms with Crippen molar-refractivity contribution in [2.45, 2.75) is 26.4 Å². The molecule has 1 heterocycles. The minimum atomic E-state index is -0.618. The highest BCUT2D eigenvalue weighted by Crippen LogP contribution is 2.37. The molecule has 1 aliphatic rings. The Hall–Kier alpha value is -1.80. The molecule has 2 heteroatoms. The van der Waals surface area contributed by atoms with Crippen LogP contribution in [0.2, 0.25) is 0 Å². The van der Waals surface area contributed by atoms with Gasteiger partial charge in [0.05, 0.1) is 6.61 Å². The molecule has 3 rings (SSSR count). The Morgan fingerprint density at radius 1 is 1.11 bits per heavy atom. The monoisotopic (exact) mass is 254 g/mol. The molecular weight excluding hydrogens is 236 g/mol. The van der Waals surface area contributed by atoms with Gasteiger partial charge in [-0.2, -0.15) is 0 Å². The second-order valence-corrected chi connectivity index (χ2v) is 5.20. The first-order chi connectivity index (χ1) is 9.16. The van der Waals surface area contributed by atoms with E-state index < -0.39 is 6.10 Å². The molecule has 1 atom stereocenters. The first-order valence-corrected chi connectivity index (χ1v) is 6.66. The molecule has 0 amide bonds. The molecule has 0 aliphatic carbocycles. The summed E-state index contributed by atoms with van der Waals surface area (Å²) in [7, 11) is 0. The highest BCUT2D eigenvalue weighted by atomic mass is 16.5. The molecule has 0 spiro atoms. The Bertz CT molecular complexity index is 617. The molecule has 2 nitrogen and oxygen atoms in total. The van der Waals surface area contributed by atoms with E-state index in [4.69, 9.17) is 4.74 Å². The summed E-state index contributed by atoms with van der Waals surface area (Å²) in [5, 5.41) is 10.7. The van der Waals surface area contributed by atoms with E-state index in [1.54, 1.807) is 0 Å². The number of hydrogen-bond acceptors (Lipinski definition) is 2. The van der Waals surface area contributed by atoms with Gasteiger partial charge in [-0.1, -0.05) is 42.0 Å². The van der Waals surface area contributed by atoms with Crippen LogP contribution in [0.25, 0.3) is 0 Å². The van der Waals surface area contributed by atoms with Crippen molar-refractivity contribution in [2.75, 3.05) is 6.61 Å². The molecule has 1 aliphatic heterocycles. The molecule has 0 saturated carbocycles. The fourth-order valence-electron chi connectivity index (χ4n) is 2.68. The summed E-state index contributed by atoms with van der Waals surface area (Å²) in [4.78, 5) is 0. The quantitative estimate of drug-likeness (QED) is 0.890. The summed E-state index contributed by atoms with van der Waals surface area (Å²) in [5.41, 5.74) is 5.30. The van der Waals surface area contributed by atoms with Crippen LogP contribution in [0.1, 0.15) is 33.9 Å². The van der Waals surface area contributed by atoms with E-state index >= 15 is 0 Å². The number of aliphatic hydroxyl groups is 1. The normalized spacial score (nSPS) is 14.9. The van der Waals surface area contributed by atoms with E-state index in [9.17, 15) is 5.11 Å². The van der Waals surface area contributed by atoms with Crippen LogP contribution in [0.5, 0.6) is 5.75 Å². The van der Waals surface area contributed by atoms with Gasteiger partial charge in [0.15, 0.2) is 0 Å². The summed E-state index contributed by atoms with van der Waals surface area (Å²) >= 11 is 0. The maximum Gasteiger partial charge on any atom is 0.128 e. The van der Waals surface area contributed by atoms with Gasteiger partial charge in [0.2, 0.25) is 0 Å². The number of benzene rings is 2. The molecule has 19 heavy (non-hydrogen) atoms. The van der Waals surface area contributed by atoms with E-state index in [1.807, 2.05) is 32.0 Å². The van der Waals surface area contributed by atoms with Crippen LogP contribution in [-0.4, -0.2) is 11.7 Å². The molecule has 98 valence electrons. The molecular formula is C17H18O2. The fraction of sp³-hybridized carbons (Fsp3) is 0.294. The summed E-state index contributed by atoms with van der Waals surface area (Å²) in [6.07, 6.45) is 0.316. The smallest absolute Gasteiger partial charge is 0.128 e. The van der Waals surface area contributed by atoms with Crippen LogP contribution in [0, 0.1) is 13.8 Å². The molecule has 0 radical (unpaired) electrons. The second-order valence-electron chi connectivity index (χ2n) is 5.20. The van der Waals surface area contributed by atoms with Crippen LogP contribution < -0.4 is 4.74 Å². The number of fused-ring (bicyclic) bond motifs is 1. The Balaban J connectivity index is 2.07. The van der Waals surface area contributed by atoms with Gasteiger partial charge in [-0.3, -0.25) is 0 Å². The lowest BCUT2D eigenvalue weighted by molar-refractivity contribution is 0.213. The van der Waals surface area contributed by atoms with Gasteiger partial charge in [-0.05, 0) is 30.5 Å². The predicted molar refractivity (Wildman–Crippen MR) is 75.6 cm³/mol. The number of ether oxygens (including phenoxy) is 1. The topological polar surface area (TPSA) is 29.5 Å². The molecule has 0 fully saturated rings. The summed E-state index contributed by atoms with van der Waals surface area (Å²) in [5.74, 6) is 0.871. The van der Waals surface area contributed by atoms with Crippen LogP contribution in [0.4, 0.5) is 0 Å². The lowest BCUT2D eigenvalue weighted by Crippen LogP contribution is -2.04. The van der Waals surface area contributed by atoms with Gasteiger partial charge in [0.25, 0.3) is 0 Å². The van der Waals surface area contributed by atoms with E-state index in [0.29, 0.717) is 6.61 Å². The fourth-order valence-corrected chi connectivity index (χ4v) is 2.68. The van der Waals surface area contributed by atoms with Crippen molar-refractivity contribution in [3.05, 3.63) is 64.2 Å². The van der Waals surface area contributed by atoms with Crippen LogP contribution in [0.15, 0.2) is 36.4 Å². The maximum atomic E-state index is 10.7. The van der Waals surface area contributed by atoms with Crippen molar-refractivity contribution in [1.29, 1.82) is 0 Å². The van der Waals surface area contributed by atoms with Crippen LogP contribution in [-0.2, 0) is 6.42 Å². The zero-order chi connectivity index (χ0) is 13.4. The zero-order valence-electron chi connectivity index (χ0n) is 11.3. The minimum absolute atomic E-state index is 0.618. The third-order valence-electron chi connectivity index (χ3n) is 3.77. The third-order valence-corrected chi connectivity index (χ3v) is 3.77. The van der Waals surface area contributed by atoms with Crippen LogP contribution in [0.3, 0.4) is 0 Å². The number of para-hydroxylation sites is 1. The average Bonchev–Trinajstić information content (AvgIpc) is 2.89. The Morgan fingerprint density at radius 3 is 2.79 bits per heavy atom. The number of rotatable bonds is 2. The van der Waals surface area contributed by atoms with E-state index in [-0.39, 0.29) is 0 Å². The molecule has 0 bridgehead atoms. The average molecular weight is 254 g/mol. The highest BCUT2D eigenvalue weighted by Gasteiger charge is 2.22. The minimum Gasteiger partial charge on any atom is -0.493 e. The molecule has 0 aromatic heterocycles. The standard InChI is InChI=1S/C17H18O2/c1-11-6-7-12(2)15(10-11)16(18)14-5-3-4-13-8-9-19-17(13)14/h3-7,10,16,18H,8-9H2,1-2H3. The van der Waals surface area contributed by atoms with E-state index in [1.165, 1.54) is 5.56 Å². The Labute approximate surface area is 113 Å². The van der Waals surface area contributed by atoms with E-state index in [0.717, 1.165) is 34.4 Å². The van der Waals surface area contributed by atoms with Crippen LogP contribution >= 0.6 is 0 Å². The van der Waals surface area contributed by atoms with Gasteiger partial charge in [0.1, 0.15) is 11.9 Å². The third kappa shape index (κ3) is 2.13. The number of hydrogen-bond donors (Lipinski definition) is 1. The summed E-state index contributed by atoms with van der Waals surface area (Å²) in [6.45, 7) is 4.79. The lowest BCUT2D eigenvalue weighted by Gasteiger charge is -2.17. The van der Waals surface area contributed by atoms with Crippen molar-refractivity contribution < 1.29 is 9.84 Å². The summed E-state index contributed by atoms with van der Waals surface area (Å²) in [6, 6.07) is 12.2. The van der Waals surface area contributed by atoms with Gasteiger partial charge < -0.3 is 9.84 Å². The van der Waals surface area contributed by atoms with Gasteiger partial charge in [0, 0.05) is 12.0 Å². The van der Waals surface area contributed by atoms with Gasteiger partial charge in [-0.15, -0.1) is 0 Å². The zero-order valence-corrected chi connectivity index (χ0v) is 11.3. The van der Waals surface area contributed by atoms with Gasteiger partial charge >= 0.3 is 0 Å². The number of aryl methyl sites for hydroxylation is 2. The van der Waals surface area contributed by atoms with Crippen molar-refractivity contribution in [1.82, 2.24) is 0 Å². The first kappa shape index (κ1) is 12.2. The molecule has 1 N–H and O–H groups in total. The largest absolute Gasteiger partial charge is 0.493 e. The molecule has 1 unspecified atom stereocenters. The molecule has 2 aromatic carbocycles. The van der Waals surface area contributed by atoms with Crippen molar-refractivity contribution >= 4 is 0 Å². The molecule has 0 saturated heterocycles. The van der Waals surface area contributed by atoms with Crippen molar-refractivity contribution in [2.24, 2.45) is 0 Å². The predicted octanol–water partition coefficient (Wildman–Crippen LogP) is 3.32. The van der Waals surface area contributed by atoms with E-state index in [2.05, 4.69) is 18.2 Å². The lowest BCUT2D eigenvalue weighted by atomic mass is 9.94. The SMILES string of the molecule is Cc1ccc(C)c(C(O)c2cccc3c2OCC3)c1. The molecule has 2 aromatic rings. The number of aliphatic hydroxyl groups excluding tert-OH is 1. The van der Waals surface area contributed by atoms with Crippen molar-refractivity contribution in [3.8, 4) is 5.75 Å². The first-order valence-electron chi connectivity index (χ1n) is 6.66. The Kier molecular flexibility index (Phi) is 3.03. The summed E-state index contributed by atoms with van der Waals surface area (Å²) < 4.78 is 5.68. The Morgan fingerprint density at radius 2 is 1.95 bits per heavy atom. The van der Waals surface area contributed by atoms with Crippen molar-refractivity contribution in [3.63, 3.8) is 0 Å². The highest BCUT2D eigenvalue weighted by molar-refractivity contribution is 5.49. The van der Waals surface area contributed by atoms with Gasteiger partial charge in [-0.25, -0.2) is 0 Å². The second kappa shape index (κ2) is 4.71.